The molecule has 0 unspecified atom stereocenters. The molecular formula is C18H27N3O2. The second kappa shape index (κ2) is 9.33. The van der Waals surface area contributed by atoms with Gasteiger partial charge in [0.1, 0.15) is 0 Å². The Bertz CT molecular complexity index is 501. The van der Waals surface area contributed by atoms with E-state index >= 15 is 0 Å². The highest BCUT2D eigenvalue weighted by Crippen LogP contribution is 2.16. The number of likely N-dealkylation sites (tertiary alicyclic amines) is 1. The van der Waals surface area contributed by atoms with E-state index in [4.69, 9.17) is 0 Å². The highest BCUT2D eigenvalue weighted by atomic mass is 16.3. The minimum atomic E-state index is -0.186. The summed E-state index contributed by atoms with van der Waals surface area (Å²) in [6.07, 6.45) is 6.13. The summed E-state index contributed by atoms with van der Waals surface area (Å²) in [5.41, 5.74) is 1.79. The Labute approximate surface area is 138 Å². The maximum absolute atomic E-state index is 11.8. The molecule has 2 rings (SSSR count). The van der Waals surface area contributed by atoms with Crippen molar-refractivity contribution in [2.75, 3.05) is 31.6 Å². The zero-order chi connectivity index (χ0) is 16.5. The summed E-state index contributed by atoms with van der Waals surface area (Å²) in [6.45, 7) is 6.53. The van der Waals surface area contributed by atoms with Crippen LogP contribution in [0.25, 0.3) is 6.08 Å². The largest absolute Gasteiger partial charge is 0.395 e. The van der Waals surface area contributed by atoms with E-state index in [0.29, 0.717) is 12.6 Å². The van der Waals surface area contributed by atoms with Crippen molar-refractivity contribution >= 4 is 17.8 Å². The van der Waals surface area contributed by atoms with Gasteiger partial charge < -0.3 is 15.7 Å². The quantitative estimate of drug-likeness (QED) is 0.678. The van der Waals surface area contributed by atoms with Gasteiger partial charge in [0.15, 0.2) is 0 Å². The summed E-state index contributed by atoms with van der Waals surface area (Å²) in [7, 11) is 0. The number of aliphatic hydroxyl groups excluding tert-OH is 1. The molecule has 1 heterocycles. The van der Waals surface area contributed by atoms with Crippen molar-refractivity contribution in [3.8, 4) is 0 Å². The molecule has 0 radical (unpaired) electrons. The molecule has 23 heavy (non-hydrogen) atoms. The number of aliphatic hydroxyl groups is 1. The lowest BCUT2D eigenvalue weighted by Gasteiger charge is -2.34. The molecule has 5 nitrogen and oxygen atoms in total. The van der Waals surface area contributed by atoms with Gasteiger partial charge in [-0.15, -0.1) is 0 Å². The molecule has 0 spiro atoms. The Balaban J connectivity index is 1.65. The molecule has 126 valence electrons. The number of benzene rings is 1. The first-order chi connectivity index (χ1) is 11.2. The lowest BCUT2D eigenvalue weighted by Crippen LogP contribution is -2.43. The number of anilines is 1. The minimum Gasteiger partial charge on any atom is -0.395 e. The smallest absolute Gasteiger partial charge is 0.319 e. The first-order valence-electron chi connectivity index (χ1n) is 8.35. The van der Waals surface area contributed by atoms with Crippen molar-refractivity contribution in [3.05, 3.63) is 36.4 Å². The maximum atomic E-state index is 11.8. The highest BCUT2D eigenvalue weighted by molar-refractivity contribution is 5.89. The van der Waals surface area contributed by atoms with Crippen LogP contribution in [0.4, 0.5) is 10.5 Å². The van der Waals surface area contributed by atoms with E-state index in [0.717, 1.165) is 37.2 Å². The average Bonchev–Trinajstić information content (AvgIpc) is 2.59. The van der Waals surface area contributed by atoms with E-state index in [1.807, 2.05) is 24.3 Å². The van der Waals surface area contributed by atoms with Crippen LogP contribution in [0.5, 0.6) is 0 Å². The molecule has 1 fully saturated rings. The lowest BCUT2D eigenvalue weighted by atomic mass is 10.0. The first-order valence-corrected chi connectivity index (χ1v) is 8.35. The number of hydrogen-bond acceptors (Lipinski definition) is 3. The van der Waals surface area contributed by atoms with Crippen molar-refractivity contribution in [3.63, 3.8) is 0 Å². The van der Waals surface area contributed by atoms with Gasteiger partial charge in [0.2, 0.25) is 0 Å². The monoisotopic (exact) mass is 317 g/mol. The van der Waals surface area contributed by atoms with Crippen LogP contribution in [-0.4, -0.2) is 48.3 Å². The molecule has 1 atom stereocenters. The summed E-state index contributed by atoms with van der Waals surface area (Å²) in [4.78, 5) is 14.2. The summed E-state index contributed by atoms with van der Waals surface area (Å²) >= 11 is 0. The Kier molecular flexibility index (Phi) is 7.10. The fourth-order valence-corrected chi connectivity index (χ4v) is 2.92. The van der Waals surface area contributed by atoms with E-state index in [9.17, 15) is 9.90 Å². The lowest BCUT2D eigenvalue weighted by molar-refractivity contribution is 0.0894. The molecule has 2 amide bonds. The minimum absolute atomic E-state index is 0.186. The van der Waals surface area contributed by atoms with Crippen LogP contribution in [0.1, 0.15) is 31.2 Å². The molecule has 0 aliphatic carbocycles. The first kappa shape index (κ1) is 17.5. The molecular weight excluding hydrogens is 290 g/mol. The molecule has 1 saturated heterocycles. The Hall–Kier alpha value is -1.85. The van der Waals surface area contributed by atoms with E-state index < -0.39 is 0 Å². The van der Waals surface area contributed by atoms with Gasteiger partial charge in [0.25, 0.3) is 0 Å². The van der Waals surface area contributed by atoms with Gasteiger partial charge in [-0.2, -0.15) is 0 Å². The van der Waals surface area contributed by atoms with Crippen LogP contribution in [-0.2, 0) is 0 Å². The Morgan fingerprint density at radius 1 is 1.35 bits per heavy atom. The Morgan fingerprint density at radius 2 is 2.13 bits per heavy atom. The van der Waals surface area contributed by atoms with Crippen molar-refractivity contribution in [2.45, 2.75) is 31.7 Å². The third kappa shape index (κ3) is 5.69. The maximum Gasteiger partial charge on any atom is 0.319 e. The van der Waals surface area contributed by atoms with E-state index in [-0.39, 0.29) is 12.6 Å². The molecule has 1 aromatic rings. The topological polar surface area (TPSA) is 64.6 Å². The predicted molar refractivity (Wildman–Crippen MR) is 94.5 cm³/mol. The van der Waals surface area contributed by atoms with Gasteiger partial charge in [-0.05, 0) is 43.5 Å². The number of urea groups is 1. The number of carbonyl (C=O) groups is 1. The average molecular weight is 317 g/mol. The third-order valence-corrected chi connectivity index (χ3v) is 4.27. The number of rotatable bonds is 7. The fourth-order valence-electron chi connectivity index (χ4n) is 2.92. The van der Waals surface area contributed by atoms with Gasteiger partial charge >= 0.3 is 6.03 Å². The van der Waals surface area contributed by atoms with Gasteiger partial charge in [-0.25, -0.2) is 4.79 Å². The highest BCUT2D eigenvalue weighted by Gasteiger charge is 2.20. The summed E-state index contributed by atoms with van der Waals surface area (Å²) < 4.78 is 0. The van der Waals surface area contributed by atoms with Gasteiger partial charge in [-0.1, -0.05) is 31.2 Å². The SMILES string of the molecule is C=Cc1ccc(NC(=O)NCCCN2CCCC[C@H]2CO)cc1. The molecule has 1 aromatic carbocycles. The molecule has 0 bridgehead atoms. The Morgan fingerprint density at radius 3 is 2.83 bits per heavy atom. The van der Waals surface area contributed by atoms with Crippen LogP contribution in [0.2, 0.25) is 0 Å². The van der Waals surface area contributed by atoms with E-state index in [1.165, 1.54) is 12.8 Å². The van der Waals surface area contributed by atoms with Crippen LogP contribution >= 0.6 is 0 Å². The van der Waals surface area contributed by atoms with Gasteiger partial charge in [0.05, 0.1) is 6.61 Å². The zero-order valence-corrected chi connectivity index (χ0v) is 13.6. The molecule has 1 aliphatic rings. The number of piperidine rings is 1. The number of carbonyl (C=O) groups excluding carboxylic acids is 1. The van der Waals surface area contributed by atoms with Crippen LogP contribution in [0.3, 0.4) is 0 Å². The van der Waals surface area contributed by atoms with Crippen molar-refractivity contribution in [1.29, 1.82) is 0 Å². The predicted octanol–water partition coefficient (Wildman–Crippen LogP) is 2.69. The number of hydrogen-bond donors (Lipinski definition) is 3. The van der Waals surface area contributed by atoms with Crippen LogP contribution < -0.4 is 10.6 Å². The number of nitrogens with zero attached hydrogens (tertiary/aromatic N) is 1. The van der Waals surface area contributed by atoms with Gasteiger partial charge in [0, 0.05) is 24.8 Å². The molecule has 0 aromatic heterocycles. The number of nitrogens with one attached hydrogen (secondary N) is 2. The molecule has 5 heteroatoms. The van der Waals surface area contributed by atoms with E-state index in [1.54, 1.807) is 6.08 Å². The standard InChI is InChI=1S/C18H27N3O2/c1-2-15-7-9-16(10-8-15)20-18(23)19-11-5-13-21-12-4-3-6-17(21)14-22/h2,7-10,17,22H,1,3-6,11-14H2,(H2,19,20,23)/t17-/m0/s1. The van der Waals surface area contributed by atoms with Crippen molar-refractivity contribution in [2.24, 2.45) is 0 Å². The molecule has 1 aliphatic heterocycles. The third-order valence-electron chi connectivity index (χ3n) is 4.27. The molecule has 0 saturated carbocycles. The van der Waals surface area contributed by atoms with Crippen LogP contribution in [0, 0.1) is 0 Å². The van der Waals surface area contributed by atoms with Crippen LogP contribution in [0.15, 0.2) is 30.8 Å². The normalized spacial score (nSPS) is 18.4. The second-order valence-corrected chi connectivity index (χ2v) is 5.93. The fraction of sp³-hybridized carbons (Fsp3) is 0.500. The zero-order valence-electron chi connectivity index (χ0n) is 13.6. The molecule has 3 N–H and O–H groups in total. The summed E-state index contributed by atoms with van der Waals surface area (Å²) in [5.74, 6) is 0. The second-order valence-electron chi connectivity index (χ2n) is 5.93. The number of amides is 2. The van der Waals surface area contributed by atoms with Gasteiger partial charge in [-0.3, -0.25) is 4.90 Å². The van der Waals surface area contributed by atoms with E-state index in [2.05, 4.69) is 22.1 Å². The summed E-state index contributed by atoms with van der Waals surface area (Å²) in [6, 6.07) is 7.64. The van der Waals surface area contributed by atoms with Crippen molar-refractivity contribution < 1.29 is 9.90 Å². The summed E-state index contributed by atoms with van der Waals surface area (Å²) in [5, 5.41) is 15.1. The van der Waals surface area contributed by atoms with Crippen molar-refractivity contribution in [1.82, 2.24) is 10.2 Å².